The van der Waals surface area contributed by atoms with E-state index in [0.29, 0.717) is 18.7 Å². The third-order valence-corrected chi connectivity index (χ3v) is 4.89. The monoisotopic (exact) mass is 386 g/mol. The van der Waals surface area contributed by atoms with E-state index in [1.54, 1.807) is 30.3 Å². The van der Waals surface area contributed by atoms with E-state index < -0.39 is 0 Å². The second-order valence-electron chi connectivity index (χ2n) is 7.21. The molecule has 1 fully saturated rings. The smallest absolute Gasteiger partial charge is 0.251 e. The Morgan fingerprint density at radius 2 is 2.07 bits per heavy atom. The Balaban J connectivity index is 1.54. The van der Waals surface area contributed by atoms with Gasteiger partial charge in [-0.1, -0.05) is 12.1 Å². The van der Waals surface area contributed by atoms with E-state index in [1.165, 1.54) is 12.1 Å². The van der Waals surface area contributed by atoms with Gasteiger partial charge in [0, 0.05) is 18.7 Å². The number of ether oxygens (including phenoxy) is 2. The average molecular weight is 386 g/mol. The lowest BCUT2D eigenvalue weighted by atomic mass is 10.1. The van der Waals surface area contributed by atoms with Crippen molar-refractivity contribution in [3.05, 3.63) is 65.5 Å². The number of nitrogens with zero attached hydrogens (tertiary/aromatic N) is 1. The van der Waals surface area contributed by atoms with Crippen LogP contribution in [0.4, 0.5) is 4.39 Å². The van der Waals surface area contributed by atoms with Gasteiger partial charge in [-0.15, -0.1) is 0 Å². The van der Waals surface area contributed by atoms with Crippen LogP contribution in [0.5, 0.6) is 5.75 Å². The molecule has 1 aliphatic heterocycles. The predicted molar refractivity (Wildman–Crippen MR) is 106 cm³/mol. The van der Waals surface area contributed by atoms with Crippen LogP contribution in [0, 0.1) is 5.82 Å². The van der Waals surface area contributed by atoms with E-state index in [2.05, 4.69) is 5.32 Å². The van der Waals surface area contributed by atoms with Gasteiger partial charge in [0.15, 0.2) is 0 Å². The first kappa shape index (κ1) is 20.3. The van der Waals surface area contributed by atoms with E-state index in [9.17, 15) is 9.18 Å². The average Bonchev–Trinajstić information content (AvgIpc) is 3.20. The van der Waals surface area contributed by atoms with E-state index >= 15 is 0 Å². The van der Waals surface area contributed by atoms with E-state index in [1.807, 2.05) is 25.1 Å². The Bertz CT molecular complexity index is 774. The summed E-state index contributed by atoms with van der Waals surface area (Å²) in [5.74, 6) is 0.265. The molecule has 2 aromatic carbocycles. The standard InChI is InChI=1S/C22H27FN2O3/c1-25(2)21(17-5-3-6-18(23)13-17)14-24-22(26)16-8-10-19(11-9-16)28-15-20-7-4-12-27-20/h3,5-6,8-11,13,20-21H,4,7,12,14-15H2,1-2H3,(H,24,26). The molecule has 5 nitrogen and oxygen atoms in total. The summed E-state index contributed by atoms with van der Waals surface area (Å²) in [6.07, 6.45) is 2.27. The van der Waals surface area contributed by atoms with Crippen LogP contribution in [-0.2, 0) is 4.74 Å². The minimum Gasteiger partial charge on any atom is -0.491 e. The first-order chi connectivity index (χ1) is 13.5. The molecule has 6 heteroatoms. The van der Waals surface area contributed by atoms with E-state index in [-0.39, 0.29) is 23.9 Å². The van der Waals surface area contributed by atoms with Crippen LogP contribution < -0.4 is 10.1 Å². The van der Waals surface area contributed by atoms with Crippen LogP contribution in [0.3, 0.4) is 0 Å². The van der Waals surface area contributed by atoms with Crippen molar-refractivity contribution in [3.63, 3.8) is 0 Å². The van der Waals surface area contributed by atoms with Crippen LogP contribution in [0.25, 0.3) is 0 Å². The van der Waals surface area contributed by atoms with Gasteiger partial charge in [0.05, 0.1) is 12.1 Å². The van der Waals surface area contributed by atoms with Crippen LogP contribution in [0.1, 0.15) is 34.8 Å². The highest BCUT2D eigenvalue weighted by atomic mass is 19.1. The van der Waals surface area contributed by atoms with Crippen molar-refractivity contribution in [2.24, 2.45) is 0 Å². The van der Waals surface area contributed by atoms with Gasteiger partial charge in [-0.2, -0.15) is 0 Å². The highest BCUT2D eigenvalue weighted by molar-refractivity contribution is 5.94. The minimum atomic E-state index is -0.283. The molecule has 0 spiro atoms. The number of hydrogen-bond donors (Lipinski definition) is 1. The van der Waals surface area contributed by atoms with Crippen molar-refractivity contribution in [1.82, 2.24) is 10.2 Å². The number of carbonyl (C=O) groups excluding carboxylic acids is 1. The van der Waals surface area contributed by atoms with Gasteiger partial charge in [0.25, 0.3) is 5.91 Å². The molecule has 1 heterocycles. The van der Waals surface area contributed by atoms with Crippen molar-refractivity contribution in [2.75, 3.05) is 33.9 Å². The fraction of sp³-hybridized carbons (Fsp3) is 0.409. The van der Waals surface area contributed by atoms with Gasteiger partial charge in [-0.25, -0.2) is 4.39 Å². The lowest BCUT2D eigenvalue weighted by molar-refractivity contribution is 0.0679. The number of nitrogens with one attached hydrogen (secondary N) is 1. The number of benzene rings is 2. The quantitative estimate of drug-likeness (QED) is 0.755. The van der Waals surface area contributed by atoms with Crippen molar-refractivity contribution in [3.8, 4) is 5.75 Å². The Morgan fingerprint density at radius 1 is 1.29 bits per heavy atom. The molecule has 28 heavy (non-hydrogen) atoms. The molecule has 1 saturated heterocycles. The summed E-state index contributed by atoms with van der Waals surface area (Å²) >= 11 is 0. The van der Waals surface area contributed by atoms with Gasteiger partial charge in [-0.05, 0) is 68.9 Å². The van der Waals surface area contributed by atoms with Crippen LogP contribution >= 0.6 is 0 Å². The molecule has 0 aromatic heterocycles. The molecular weight excluding hydrogens is 359 g/mol. The summed E-state index contributed by atoms with van der Waals surface area (Å²) in [6.45, 7) is 1.72. The Hall–Kier alpha value is -2.44. The molecule has 0 saturated carbocycles. The lowest BCUT2D eigenvalue weighted by Crippen LogP contribution is -2.34. The molecule has 0 radical (unpaired) electrons. The Morgan fingerprint density at radius 3 is 2.71 bits per heavy atom. The van der Waals surface area contributed by atoms with Crippen molar-refractivity contribution >= 4 is 5.91 Å². The SMILES string of the molecule is CN(C)C(CNC(=O)c1ccc(OCC2CCCO2)cc1)c1cccc(F)c1. The van der Waals surface area contributed by atoms with E-state index in [4.69, 9.17) is 9.47 Å². The molecule has 0 aliphatic carbocycles. The molecule has 2 unspecified atom stereocenters. The number of hydrogen-bond acceptors (Lipinski definition) is 4. The second kappa shape index (κ2) is 9.66. The summed E-state index contributed by atoms with van der Waals surface area (Å²) in [6, 6.07) is 13.4. The normalized spacial score (nSPS) is 17.5. The summed E-state index contributed by atoms with van der Waals surface area (Å²) in [5, 5.41) is 2.93. The first-order valence-electron chi connectivity index (χ1n) is 9.57. The molecule has 1 aliphatic rings. The molecule has 2 atom stereocenters. The molecule has 1 N–H and O–H groups in total. The zero-order valence-electron chi connectivity index (χ0n) is 16.4. The van der Waals surface area contributed by atoms with E-state index in [0.717, 1.165) is 30.8 Å². The maximum Gasteiger partial charge on any atom is 0.251 e. The highest BCUT2D eigenvalue weighted by Gasteiger charge is 2.17. The Labute approximate surface area is 165 Å². The van der Waals surface area contributed by atoms with Gasteiger partial charge in [0.2, 0.25) is 0 Å². The maximum absolute atomic E-state index is 13.5. The summed E-state index contributed by atoms with van der Waals surface area (Å²) in [4.78, 5) is 14.4. The zero-order valence-corrected chi connectivity index (χ0v) is 16.4. The van der Waals surface area contributed by atoms with Gasteiger partial charge < -0.3 is 19.7 Å². The fourth-order valence-electron chi connectivity index (χ4n) is 3.27. The summed E-state index contributed by atoms with van der Waals surface area (Å²) in [5.41, 5.74) is 1.38. The number of amides is 1. The largest absolute Gasteiger partial charge is 0.491 e. The van der Waals surface area contributed by atoms with Crippen LogP contribution in [-0.4, -0.2) is 50.8 Å². The molecule has 1 amide bonds. The third kappa shape index (κ3) is 5.53. The van der Waals surface area contributed by atoms with Crippen molar-refractivity contribution in [2.45, 2.75) is 25.0 Å². The summed E-state index contributed by atoms with van der Waals surface area (Å²) < 4.78 is 24.8. The van der Waals surface area contributed by atoms with Crippen molar-refractivity contribution in [1.29, 1.82) is 0 Å². The predicted octanol–water partition coefficient (Wildman–Crippen LogP) is 3.42. The third-order valence-electron chi connectivity index (χ3n) is 4.89. The number of likely N-dealkylation sites (N-methyl/N-ethyl adjacent to an activating group) is 1. The molecule has 150 valence electrons. The number of rotatable bonds is 8. The molecular formula is C22H27FN2O3. The number of carbonyl (C=O) groups is 1. The summed E-state index contributed by atoms with van der Waals surface area (Å²) in [7, 11) is 3.81. The maximum atomic E-state index is 13.5. The van der Waals surface area contributed by atoms with Gasteiger partial charge in [-0.3, -0.25) is 4.79 Å². The van der Waals surface area contributed by atoms with Crippen molar-refractivity contribution < 1.29 is 18.7 Å². The minimum absolute atomic E-state index is 0.117. The number of halogens is 1. The molecule has 3 rings (SSSR count). The zero-order chi connectivity index (χ0) is 19.9. The molecule has 2 aromatic rings. The highest BCUT2D eigenvalue weighted by Crippen LogP contribution is 2.19. The lowest BCUT2D eigenvalue weighted by Gasteiger charge is -2.25. The van der Waals surface area contributed by atoms with Crippen LogP contribution in [0.2, 0.25) is 0 Å². The first-order valence-corrected chi connectivity index (χ1v) is 9.57. The fourth-order valence-corrected chi connectivity index (χ4v) is 3.27. The molecule has 0 bridgehead atoms. The van der Waals surface area contributed by atoms with Gasteiger partial charge >= 0.3 is 0 Å². The Kier molecular flexibility index (Phi) is 7.01. The topological polar surface area (TPSA) is 50.8 Å². The van der Waals surface area contributed by atoms with Gasteiger partial charge in [0.1, 0.15) is 18.2 Å². The second-order valence-corrected chi connectivity index (χ2v) is 7.21. The van der Waals surface area contributed by atoms with Crippen LogP contribution in [0.15, 0.2) is 48.5 Å².